The molecule has 0 bridgehead atoms. The molecule has 116 valence electrons. The topological polar surface area (TPSA) is 54.4 Å². The summed E-state index contributed by atoms with van der Waals surface area (Å²) in [6.07, 6.45) is 3.71. The number of fused-ring (bicyclic) bond motifs is 5. The summed E-state index contributed by atoms with van der Waals surface area (Å²) in [7, 11) is 0. The fourth-order valence-electron chi connectivity index (χ4n) is 5.14. The van der Waals surface area contributed by atoms with E-state index in [2.05, 4.69) is 35.6 Å². The maximum Gasteiger partial charge on any atom is 0.141 e. The molecule has 3 aliphatic carbocycles. The minimum absolute atomic E-state index is 0.00181. The number of Topliss-reactive ketones (excluding diaryl/α,β-unsaturated/α-hetero) is 2. The molecule has 1 aromatic carbocycles. The first-order valence-corrected chi connectivity index (χ1v) is 9.07. The number of phenolic OH excluding ortho intramolecular Hbond substituents is 1. The van der Waals surface area contributed by atoms with E-state index >= 15 is 0 Å². The number of rotatable bonds is 0. The Labute approximate surface area is 143 Å². The van der Waals surface area contributed by atoms with Gasteiger partial charge in [-0.15, -0.1) is 0 Å². The highest BCUT2D eigenvalue weighted by atomic mass is 127. The van der Waals surface area contributed by atoms with Gasteiger partial charge in [-0.3, -0.25) is 9.59 Å². The Morgan fingerprint density at radius 2 is 2.05 bits per heavy atom. The van der Waals surface area contributed by atoms with E-state index in [4.69, 9.17) is 0 Å². The van der Waals surface area contributed by atoms with Crippen molar-refractivity contribution in [3.63, 3.8) is 0 Å². The molecule has 0 radical (unpaired) electrons. The number of hydrogen-bond donors (Lipinski definition) is 1. The molecule has 0 spiro atoms. The van der Waals surface area contributed by atoms with Crippen LogP contribution in [-0.4, -0.2) is 16.7 Å². The summed E-state index contributed by atoms with van der Waals surface area (Å²) in [5.41, 5.74) is 1.93. The van der Waals surface area contributed by atoms with Crippen LogP contribution in [0.5, 0.6) is 5.75 Å². The molecule has 0 saturated heterocycles. The highest BCUT2D eigenvalue weighted by molar-refractivity contribution is 14.1. The molecule has 2 saturated carbocycles. The predicted octanol–water partition coefficient (Wildman–Crippen LogP) is 3.60. The monoisotopic (exact) mass is 410 g/mol. The standard InChI is InChI=1S/C18H19IO3/c1-18-5-4-10-11-8-13(19)14(20)6-9(11)7-15(21)17(10)12(18)2-3-16(18)22/h6,8,10,12,17,20H,2-5,7H2,1H3/t10-,12+,17-,18+/m1/s1. The van der Waals surface area contributed by atoms with E-state index in [9.17, 15) is 14.7 Å². The van der Waals surface area contributed by atoms with Crippen molar-refractivity contribution in [2.24, 2.45) is 17.3 Å². The van der Waals surface area contributed by atoms with Gasteiger partial charge in [-0.2, -0.15) is 0 Å². The summed E-state index contributed by atoms with van der Waals surface area (Å²) in [5.74, 6) is 1.33. The van der Waals surface area contributed by atoms with E-state index in [1.807, 2.05) is 0 Å². The first-order chi connectivity index (χ1) is 10.4. The molecule has 2 fully saturated rings. The largest absolute Gasteiger partial charge is 0.507 e. The average molecular weight is 410 g/mol. The molecule has 0 aromatic heterocycles. The second-order valence-corrected chi connectivity index (χ2v) is 8.46. The molecule has 0 aliphatic heterocycles. The lowest BCUT2D eigenvalue weighted by molar-refractivity contribution is -0.134. The molecule has 22 heavy (non-hydrogen) atoms. The summed E-state index contributed by atoms with van der Waals surface area (Å²) >= 11 is 2.15. The zero-order valence-electron chi connectivity index (χ0n) is 12.6. The molecular weight excluding hydrogens is 391 g/mol. The number of benzene rings is 1. The lowest BCUT2D eigenvalue weighted by Gasteiger charge is -2.47. The lowest BCUT2D eigenvalue weighted by Crippen LogP contribution is -2.46. The van der Waals surface area contributed by atoms with Crippen LogP contribution in [0.3, 0.4) is 0 Å². The van der Waals surface area contributed by atoms with E-state index in [0.29, 0.717) is 18.6 Å². The number of hydrogen-bond acceptors (Lipinski definition) is 3. The number of halogens is 1. The van der Waals surface area contributed by atoms with Gasteiger partial charge in [-0.25, -0.2) is 0 Å². The van der Waals surface area contributed by atoms with Crippen molar-refractivity contribution >= 4 is 34.2 Å². The minimum atomic E-state index is -0.279. The molecule has 0 amide bonds. The molecular formula is C18H19IO3. The molecule has 3 nitrogen and oxygen atoms in total. The van der Waals surface area contributed by atoms with Gasteiger partial charge in [0.2, 0.25) is 0 Å². The lowest BCUT2D eigenvalue weighted by atomic mass is 9.55. The van der Waals surface area contributed by atoms with E-state index in [-0.39, 0.29) is 34.7 Å². The van der Waals surface area contributed by atoms with Gasteiger partial charge in [0, 0.05) is 24.2 Å². The van der Waals surface area contributed by atoms with Crippen LogP contribution >= 0.6 is 22.6 Å². The van der Waals surface area contributed by atoms with Crippen LogP contribution in [0.1, 0.15) is 49.7 Å². The number of phenols is 1. The zero-order chi connectivity index (χ0) is 15.6. The van der Waals surface area contributed by atoms with Crippen LogP contribution < -0.4 is 0 Å². The van der Waals surface area contributed by atoms with Crippen molar-refractivity contribution in [1.82, 2.24) is 0 Å². The van der Waals surface area contributed by atoms with Gasteiger partial charge >= 0.3 is 0 Å². The van der Waals surface area contributed by atoms with Crippen LogP contribution in [0, 0.1) is 20.8 Å². The number of carbonyl (C=O) groups is 2. The van der Waals surface area contributed by atoms with Crippen molar-refractivity contribution in [2.45, 2.75) is 44.9 Å². The van der Waals surface area contributed by atoms with Gasteiger partial charge in [-0.1, -0.05) is 6.92 Å². The van der Waals surface area contributed by atoms with Crippen molar-refractivity contribution in [2.75, 3.05) is 0 Å². The Morgan fingerprint density at radius 3 is 2.82 bits per heavy atom. The van der Waals surface area contributed by atoms with Crippen molar-refractivity contribution in [3.05, 3.63) is 26.8 Å². The summed E-state index contributed by atoms with van der Waals surface area (Å²) in [6, 6.07) is 3.81. The smallest absolute Gasteiger partial charge is 0.141 e. The summed E-state index contributed by atoms with van der Waals surface area (Å²) < 4.78 is 0.847. The van der Waals surface area contributed by atoms with Crippen molar-refractivity contribution in [1.29, 1.82) is 0 Å². The van der Waals surface area contributed by atoms with Gasteiger partial charge in [0.1, 0.15) is 17.3 Å². The molecule has 4 rings (SSSR count). The highest BCUT2D eigenvalue weighted by Crippen LogP contribution is 2.58. The number of ketones is 2. The average Bonchev–Trinajstić information content (AvgIpc) is 2.77. The van der Waals surface area contributed by atoms with Crippen molar-refractivity contribution < 1.29 is 14.7 Å². The van der Waals surface area contributed by atoms with Crippen LogP contribution in [0.4, 0.5) is 0 Å². The van der Waals surface area contributed by atoms with Gasteiger partial charge in [0.15, 0.2) is 0 Å². The van der Waals surface area contributed by atoms with E-state index in [0.717, 1.165) is 28.4 Å². The van der Waals surface area contributed by atoms with Gasteiger partial charge in [0.25, 0.3) is 0 Å². The number of carbonyl (C=O) groups excluding carboxylic acids is 2. The summed E-state index contributed by atoms with van der Waals surface area (Å²) in [6.45, 7) is 2.08. The SMILES string of the molecule is C[C@]12CC[C@@H]3c4cc(I)c(O)cc4CC(=O)[C@H]3[C@@H]1CCC2=O. The Bertz CT molecular complexity index is 696. The van der Waals surface area contributed by atoms with E-state index in [1.54, 1.807) is 6.07 Å². The maximum atomic E-state index is 12.8. The third-order valence-corrected chi connectivity index (χ3v) is 7.19. The summed E-state index contributed by atoms with van der Waals surface area (Å²) in [5, 5.41) is 9.92. The minimum Gasteiger partial charge on any atom is -0.507 e. The third kappa shape index (κ3) is 1.85. The van der Waals surface area contributed by atoms with Gasteiger partial charge in [-0.05, 0) is 76.9 Å². The van der Waals surface area contributed by atoms with Crippen LogP contribution in [0.25, 0.3) is 0 Å². The molecule has 0 unspecified atom stereocenters. The van der Waals surface area contributed by atoms with Crippen molar-refractivity contribution in [3.8, 4) is 5.75 Å². The fourth-order valence-corrected chi connectivity index (χ4v) is 5.63. The van der Waals surface area contributed by atoms with Crippen LogP contribution in [-0.2, 0) is 16.0 Å². The van der Waals surface area contributed by atoms with Crippen LogP contribution in [0.15, 0.2) is 12.1 Å². The first kappa shape index (κ1) is 14.7. The predicted molar refractivity (Wildman–Crippen MR) is 90.8 cm³/mol. The first-order valence-electron chi connectivity index (χ1n) is 7.99. The summed E-state index contributed by atoms with van der Waals surface area (Å²) in [4.78, 5) is 25.1. The third-order valence-electron chi connectivity index (χ3n) is 6.32. The molecule has 1 N–H and O–H groups in total. The Balaban J connectivity index is 1.81. The Hall–Kier alpha value is -0.910. The van der Waals surface area contributed by atoms with Crippen LogP contribution in [0.2, 0.25) is 0 Å². The van der Waals surface area contributed by atoms with E-state index in [1.165, 1.54) is 5.56 Å². The number of aromatic hydroxyl groups is 1. The molecule has 4 heteroatoms. The maximum absolute atomic E-state index is 12.8. The molecule has 3 aliphatic rings. The highest BCUT2D eigenvalue weighted by Gasteiger charge is 2.56. The van der Waals surface area contributed by atoms with E-state index < -0.39 is 0 Å². The second-order valence-electron chi connectivity index (χ2n) is 7.30. The molecule has 1 aromatic rings. The quantitative estimate of drug-likeness (QED) is 0.666. The zero-order valence-corrected chi connectivity index (χ0v) is 14.7. The Kier molecular flexibility index (Phi) is 3.19. The second kappa shape index (κ2) is 4.79. The normalized spacial score (nSPS) is 36.7. The fraction of sp³-hybridized carbons (Fsp3) is 0.556. The van der Waals surface area contributed by atoms with Gasteiger partial charge in [0.05, 0.1) is 3.57 Å². The molecule has 0 heterocycles. The Morgan fingerprint density at radius 1 is 1.27 bits per heavy atom. The molecule has 4 atom stereocenters. The van der Waals surface area contributed by atoms with Gasteiger partial charge < -0.3 is 5.11 Å².